The molecular weight excluding hydrogens is 433 g/mol. The van der Waals surface area contributed by atoms with E-state index in [4.69, 9.17) is 0 Å². The maximum absolute atomic E-state index is 2.40. The van der Waals surface area contributed by atoms with Crippen molar-refractivity contribution in [3.63, 3.8) is 0 Å². The van der Waals surface area contributed by atoms with E-state index in [-0.39, 0.29) is 0 Å². The van der Waals surface area contributed by atoms with Crippen molar-refractivity contribution in [3.05, 3.63) is 94.0 Å². The summed E-state index contributed by atoms with van der Waals surface area (Å²) in [5.41, 5.74) is 1.43. The van der Waals surface area contributed by atoms with E-state index in [1.807, 2.05) is 34.0 Å². The van der Waals surface area contributed by atoms with E-state index >= 15 is 0 Å². The standard InChI is InChI=1S/C28H18S3/c1-3-18-9-11-29-26(18)13-17(1)2-8-23-14-22-7-6-21-15-24-20(16-25(21)28(22)31-23)5-4-19-10-12-30-27(19)24/h1,3-7,9-16H,2,8H2. The largest absolute Gasteiger partial charge is 0.144 e. The summed E-state index contributed by atoms with van der Waals surface area (Å²) < 4.78 is 4.22. The van der Waals surface area contributed by atoms with Crippen molar-refractivity contribution in [3.8, 4) is 0 Å². The normalized spacial score (nSPS) is 12.1. The summed E-state index contributed by atoms with van der Waals surface area (Å²) in [6.07, 6.45) is 2.19. The third kappa shape index (κ3) is 2.92. The Kier molecular flexibility index (Phi) is 3.98. The Morgan fingerprint density at radius 2 is 1.23 bits per heavy atom. The third-order valence-electron chi connectivity index (χ3n) is 6.28. The molecular formula is C28H18S3. The topological polar surface area (TPSA) is 0 Å². The van der Waals surface area contributed by atoms with Gasteiger partial charge >= 0.3 is 0 Å². The van der Waals surface area contributed by atoms with Gasteiger partial charge in [0.2, 0.25) is 0 Å². The number of aryl methyl sites for hydroxylation is 2. The second kappa shape index (κ2) is 6.89. The van der Waals surface area contributed by atoms with Gasteiger partial charge in [0.1, 0.15) is 0 Å². The summed E-state index contributed by atoms with van der Waals surface area (Å²) in [6.45, 7) is 0. The zero-order valence-corrected chi connectivity index (χ0v) is 19.2. The van der Waals surface area contributed by atoms with E-state index < -0.39 is 0 Å². The first-order chi connectivity index (χ1) is 15.3. The average molecular weight is 451 g/mol. The maximum atomic E-state index is 2.40. The highest BCUT2D eigenvalue weighted by Gasteiger charge is 2.10. The molecule has 7 aromatic rings. The minimum absolute atomic E-state index is 1.10. The van der Waals surface area contributed by atoms with Crippen molar-refractivity contribution in [2.45, 2.75) is 12.8 Å². The molecule has 148 valence electrons. The smallest absolute Gasteiger partial charge is 0.0424 e. The van der Waals surface area contributed by atoms with Gasteiger partial charge in [-0.3, -0.25) is 0 Å². The fourth-order valence-electron chi connectivity index (χ4n) is 4.67. The van der Waals surface area contributed by atoms with Crippen LogP contribution in [0.2, 0.25) is 0 Å². The number of fused-ring (bicyclic) bond motifs is 7. The number of rotatable bonds is 3. The van der Waals surface area contributed by atoms with Gasteiger partial charge in [-0.1, -0.05) is 36.4 Å². The molecule has 4 aromatic carbocycles. The van der Waals surface area contributed by atoms with Gasteiger partial charge in [-0.2, -0.15) is 0 Å². The van der Waals surface area contributed by atoms with Gasteiger partial charge in [-0.05, 0) is 92.5 Å². The van der Waals surface area contributed by atoms with E-state index in [0.29, 0.717) is 0 Å². The van der Waals surface area contributed by atoms with E-state index in [9.17, 15) is 0 Å². The third-order valence-corrected chi connectivity index (χ3v) is 9.37. The molecule has 0 unspecified atom stereocenters. The lowest BCUT2D eigenvalue weighted by Gasteiger charge is -2.05. The fraction of sp³-hybridized carbons (Fsp3) is 0.0714. The molecule has 31 heavy (non-hydrogen) atoms. The molecule has 0 saturated heterocycles. The van der Waals surface area contributed by atoms with Crippen molar-refractivity contribution in [1.82, 2.24) is 0 Å². The first-order valence-electron chi connectivity index (χ1n) is 10.5. The summed E-state index contributed by atoms with van der Waals surface area (Å²) >= 11 is 5.65. The second-order valence-electron chi connectivity index (χ2n) is 8.19. The summed E-state index contributed by atoms with van der Waals surface area (Å²) in [5, 5.41) is 13.9. The average Bonchev–Trinajstić information content (AvgIpc) is 3.54. The van der Waals surface area contributed by atoms with Gasteiger partial charge in [0.15, 0.2) is 0 Å². The Balaban J connectivity index is 1.30. The molecule has 0 amide bonds. The lowest BCUT2D eigenvalue weighted by Crippen LogP contribution is -1.87. The van der Waals surface area contributed by atoms with Crippen LogP contribution in [0.5, 0.6) is 0 Å². The Morgan fingerprint density at radius 3 is 2.13 bits per heavy atom. The zero-order chi connectivity index (χ0) is 20.4. The van der Waals surface area contributed by atoms with Crippen molar-refractivity contribution in [1.29, 1.82) is 0 Å². The van der Waals surface area contributed by atoms with Gasteiger partial charge < -0.3 is 0 Å². The molecule has 3 aromatic heterocycles. The van der Waals surface area contributed by atoms with Crippen LogP contribution in [0, 0.1) is 0 Å². The maximum Gasteiger partial charge on any atom is 0.0424 e. The first-order valence-corrected chi connectivity index (χ1v) is 13.1. The van der Waals surface area contributed by atoms with Crippen LogP contribution >= 0.6 is 34.0 Å². The van der Waals surface area contributed by atoms with Gasteiger partial charge in [-0.25, -0.2) is 0 Å². The Hall–Kier alpha value is -2.72. The van der Waals surface area contributed by atoms with Crippen LogP contribution in [0.4, 0.5) is 0 Å². The van der Waals surface area contributed by atoms with Gasteiger partial charge in [0.05, 0.1) is 0 Å². The molecule has 0 aliphatic heterocycles. The van der Waals surface area contributed by atoms with Gasteiger partial charge in [-0.15, -0.1) is 34.0 Å². The van der Waals surface area contributed by atoms with Crippen LogP contribution < -0.4 is 0 Å². The molecule has 3 heterocycles. The minimum atomic E-state index is 1.10. The molecule has 0 spiro atoms. The lowest BCUT2D eigenvalue weighted by atomic mass is 10.0. The summed E-state index contributed by atoms with van der Waals surface area (Å²) in [6, 6.07) is 27.6. The van der Waals surface area contributed by atoms with E-state index in [2.05, 4.69) is 83.6 Å². The summed E-state index contributed by atoms with van der Waals surface area (Å²) in [4.78, 5) is 1.47. The minimum Gasteiger partial charge on any atom is -0.144 e. The first kappa shape index (κ1) is 17.9. The van der Waals surface area contributed by atoms with Crippen molar-refractivity contribution < 1.29 is 0 Å². The predicted molar refractivity (Wildman–Crippen MR) is 141 cm³/mol. The molecule has 0 saturated carbocycles. The van der Waals surface area contributed by atoms with E-state index in [0.717, 1.165) is 12.8 Å². The summed E-state index contributed by atoms with van der Waals surface area (Å²) in [7, 11) is 0. The van der Waals surface area contributed by atoms with Crippen molar-refractivity contribution >= 4 is 85.8 Å². The molecule has 0 fully saturated rings. The number of hydrogen-bond acceptors (Lipinski definition) is 3. The molecule has 3 heteroatoms. The number of benzene rings is 4. The SMILES string of the molecule is c1cc2ccc(CCc3cc4ccc5cc6c(ccc7ccsc76)cc5c4s3)cc2s1. The van der Waals surface area contributed by atoms with Gasteiger partial charge in [0, 0.05) is 29.7 Å². The number of thiophene rings is 3. The molecule has 0 radical (unpaired) electrons. The van der Waals surface area contributed by atoms with Crippen LogP contribution in [-0.2, 0) is 12.8 Å². The van der Waals surface area contributed by atoms with E-state index in [1.165, 1.54) is 62.2 Å². The monoisotopic (exact) mass is 450 g/mol. The molecule has 0 N–H and O–H groups in total. The van der Waals surface area contributed by atoms with Crippen LogP contribution in [0.15, 0.2) is 83.6 Å². The predicted octanol–water partition coefficient (Wildman–Crippen LogP) is 9.42. The van der Waals surface area contributed by atoms with Crippen LogP contribution in [-0.4, -0.2) is 0 Å². The van der Waals surface area contributed by atoms with Crippen molar-refractivity contribution in [2.24, 2.45) is 0 Å². The molecule has 0 nitrogen and oxygen atoms in total. The quantitative estimate of drug-likeness (QED) is 0.235. The highest BCUT2D eigenvalue weighted by atomic mass is 32.1. The van der Waals surface area contributed by atoms with Crippen LogP contribution in [0.1, 0.15) is 10.4 Å². The Morgan fingerprint density at radius 1 is 0.516 bits per heavy atom. The van der Waals surface area contributed by atoms with Crippen LogP contribution in [0.25, 0.3) is 51.8 Å². The molecule has 7 rings (SSSR count). The number of hydrogen-bond donors (Lipinski definition) is 0. The van der Waals surface area contributed by atoms with Gasteiger partial charge in [0.25, 0.3) is 0 Å². The van der Waals surface area contributed by atoms with Crippen molar-refractivity contribution in [2.75, 3.05) is 0 Å². The highest BCUT2D eigenvalue weighted by Crippen LogP contribution is 2.38. The summed E-state index contributed by atoms with van der Waals surface area (Å²) in [5.74, 6) is 0. The van der Waals surface area contributed by atoms with E-state index in [1.54, 1.807) is 0 Å². The molecule has 0 aliphatic carbocycles. The molecule has 0 atom stereocenters. The molecule has 0 aliphatic rings. The Labute approximate surface area is 192 Å². The van der Waals surface area contributed by atoms with Crippen LogP contribution in [0.3, 0.4) is 0 Å². The lowest BCUT2D eigenvalue weighted by molar-refractivity contribution is 0.985. The Bertz CT molecular complexity index is 1740. The zero-order valence-electron chi connectivity index (χ0n) is 16.7. The highest BCUT2D eigenvalue weighted by molar-refractivity contribution is 7.20. The fourth-order valence-corrected chi connectivity index (χ4v) is 7.63. The molecule has 0 bridgehead atoms. The second-order valence-corrected chi connectivity index (χ2v) is 11.2.